The van der Waals surface area contributed by atoms with Crippen LogP contribution in [0.1, 0.15) is 12.7 Å². The van der Waals surface area contributed by atoms with Crippen LogP contribution in [-0.2, 0) is 0 Å². The van der Waals surface area contributed by atoms with E-state index in [1.807, 2.05) is 5.32 Å². The Hall–Kier alpha value is -2.54. The standard InChI is InChI=1S/C14H7ClF6N4/c1-5(14(19,20)21)23-13-11(12(15)24-9(4-22)25-13)10-7(17)2-6(16)3-8(10)18/h2-3,5H,1H3,(H,23,24,25). The van der Waals surface area contributed by atoms with Crippen molar-refractivity contribution in [2.45, 2.75) is 19.1 Å². The second kappa shape index (κ2) is 6.76. The van der Waals surface area contributed by atoms with Crippen molar-refractivity contribution >= 4 is 17.4 Å². The minimum absolute atomic E-state index is 0.323. The fourth-order valence-corrected chi connectivity index (χ4v) is 2.14. The molecule has 1 aromatic heterocycles. The summed E-state index contributed by atoms with van der Waals surface area (Å²) in [7, 11) is 0. The molecule has 0 saturated heterocycles. The molecule has 0 spiro atoms. The largest absolute Gasteiger partial charge is 0.408 e. The van der Waals surface area contributed by atoms with Crippen LogP contribution in [0.3, 0.4) is 0 Å². The second-order valence-electron chi connectivity index (χ2n) is 4.83. The van der Waals surface area contributed by atoms with Crippen molar-refractivity contribution < 1.29 is 26.3 Å². The van der Waals surface area contributed by atoms with Gasteiger partial charge in [-0.05, 0) is 6.92 Å². The lowest BCUT2D eigenvalue weighted by Crippen LogP contribution is -2.33. The topological polar surface area (TPSA) is 61.6 Å². The normalized spacial score (nSPS) is 12.6. The van der Waals surface area contributed by atoms with Gasteiger partial charge in [0, 0.05) is 12.1 Å². The zero-order valence-electron chi connectivity index (χ0n) is 12.2. The fourth-order valence-electron chi connectivity index (χ4n) is 1.88. The molecule has 0 bridgehead atoms. The molecule has 0 aliphatic heterocycles. The molecule has 0 radical (unpaired) electrons. The molecule has 0 amide bonds. The first-order valence-electron chi connectivity index (χ1n) is 6.50. The maximum Gasteiger partial charge on any atom is 0.408 e. The van der Waals surface area contributed by atoms with E-state index in [0.717, 1.165) is 6.92 Å². The molecule has 2 aromatic rings. The Bertz CT molecular complexity index is 839. The third-order valence-electron chi connectivity index (χ3n) is 3.07. The van der Waals surface area contributed by atoms with Gasteiger partial charge in [0.25, 0.3) is 0 Å². The van der Waals surface area contributed by atoms with Crippen molar-refractivity contribution in [1.29, 1.82) is 5.26 Å². The van der Waals surface area contributed by atoms with Crippen LogP contribution < -0.4 is 5.32 Å². The van der Waals surface area contributed by atoms with E-state index in [9.17, 15) is 26.3 Å². The summed E-state index contributed by atoms with van der Waals surface area (Å²) in [5.74, 6) is -5.41. The Kier molecular flexibility index (Phi) is 5.08. The van der Waals surface area contributed by atoms with Crippen molar-refractivity contribution in [3.63, 3.8) is 0 Å². The quantitative estimate of drug-likeness (QED) is 0.631. The molecule has 0 aliphatic rings. The zero-order chi connectivity index (χ0) is 18.9. The second-order valence-corrected chi connectivity index (χ2v) is 5.18. The van der Waals surface area contributed by atoms with E-state index in [2.05, 4.69) is 9.97 Å². The first-order valence-corrected chi connectivity index (χ1v) is 6.88. The molecular formula is C14H7ClF6N4. The van der Waals surface area contributed by atoms with Crippen molar-refractivity contribution in [3.8, 4) is 17.2 Å². The number of halogens is 7. The van der Waals surface area contributed by atoms with Gasteiger partial charge in [-0.25, -0.2) is 23.1 Å². The maximum absolute atomic E-state index is 14.0. The zero-order valence-corrected chi connectivity index (χ0v) is 13.0. The number of aromatic nitrogens is 2. The Balaban J connectivity index is 2.72. The lowest BCUT2D eigenvalue weighted by atomic mass is 10.1. The number of alkyl halides is 3. The van der Waals surface area contributed by atoms with Crippen LogP contribution in [0.4, 0.5) is 32.2 Å². The summed E-state index contributed by atoms with van der Waals surface area (Å²) in [5.41, 5.74) is -1.58. The van der Waals surface area contributed by atoms with Crippen molar-refractivity contribution in [1.82, 2.24) is 9.97 Å². The number of nitrogens with zero attached hydrogens (tertiary/aromatic N) is 3. The summed E-state index contributed by atoms with van der Waals surface area (Å²) >= 11 is 5.78. The summed E-state index contributed by atoms with van der Waals surface area (Å²) < 4.78 is 79.3. The lowest BCUT2D eigenvalue weighted by Gasteiger charge is -2.20. The van der Waals surface area contributed by atoms with E-state index in [0.29, 0.717) is 12.1 Å². The molecule has 1 unspecified atom stereocenters. The molecule has 11 heteroatoms. The smallest absolute Gasteiger partial charge is 0.358 e. The average molecular weight is 381 g/mol. The first-order chi connectivity index (χ1) is 11.5. The summed E-state index contributed by atoms with van der Waals surface area (Å²) in [6.45, 7) is 0.725. The van der Waals surface area contributed by atoms with E-state index < -0.39 is 57.6 Å². The molecule has 1 atom stereocenters. The van der Waals surface area contributed by atoms with Crippen LogP contribution >= 0.6 is 11.6 Å². The number of rotatable bonds is 3. The molecule has 132 valence electrons. The van der Waals surface area contributed by atoms with Gasteiger partial charge in [-0.3, -0.25) is 0 Å². The number of nitriles is 1. The predicted molar refractivity (Wildman–Crippen MR) is 76.2 cm³/mol. The summed E-state index contributed by atoms with van der Waals surface area (Å²) in [6.07, 6.45) is -4.72. The van der Waals surface area contributed by atoms with Gasteiger partial charge in [-0.15, -0.1) is 0 Å². The van der Waals surface area contributed by atoms with Gasteiger partial charge in [-0.2, -0.15) is 18.4 Å². The van der Waals surface area contributed by atoms with Crippen molar-refractivity contribution in [3.05, 3.63) is 40.6 Å². The van der Waals surface area contributed by atoms with Crippen molar-refractivity contribution in [2.75, 3.05) is 5.32 Å². The first kappa shape index (κ1) is 18.8. The van der Waals surface area contributed by atoms with Gasteiger partial charge in [-0.1, -0.05) is 11.6 Å². The number of hydrogen-bond acceptors (Lipinski definition) is 4. The highest BCUT2D eigenvalue weighted by Crippen LogP contribution is 2.37. The van der Waals surface area contributed by atoms with Gasteiger partial charge >= 0.3 is 6.18 Å². The molecule has 1 aromatic carbocycles. The Morgan fingerprint density at radius 2 is 1.68 bits per heavy atom. The van der Waals surface area contributed by atoms with Crippen LogP contribution in [0.25, 0.3) is 11.1 Å². The SMILES string of the molecule is CC(Nc1nc(C#N)nc(Cl)c1-c1c(F)cc(F)cc1F)C(F)(F)F. The van der Waals surface area contributed by atoms with Crippen LogP contribution in [0.5, 0.6) is 0 Å². The maximum atomic E-state index is 14.0. The molecule has 2 rings (SSSR count). The number of anilines is 1. The number of nitrogens with one attached hydrogen (secondary N) is 1. The highest BCUT2D eigenvalue weighted by Gasteiger charge is 2.37. The molecular weight excluding hydrogens is 374 g/mol. The third kappa shape index (κ3) is 3.93. The number of hydrogen-bond donors (Lipinski definition) is 1. The highest BCUT2D eigenvalue weighted by molar-refractivity contribution is 6.32. The Morgan fingerprint density at radius 3 is 2.16 bits per heavy atom. The van der Waals surface area contributed by atoms with Crippen LogP contribution in [0, 0.1) is 28.8 Å². The van der Waals surface area contributed by atoms with Crippen LogP contribution in [0.15, 0.2) is 12.1 Å². The fraction of sp³-hybridized carbons (Fsp3) is 0.214. The minimum Gasteiger partial charge on any atom is -0.358 e. The van der Waals surface area contributed by atoms with E-state index in [-0.39, 0.29) is 0 Å². The average Bonchev–Trinajstić information content (AvgIpc) is 2.47. The molecule has 0 saturated carbocycles. The molecule has 1 N–H and O–H groups in total. The minimum atomic E-state index is -4.72. The molecule has 4 nitrogen and oxygen atoms in total. The van der Waals surface area contributed by atoms with Gasteiger partial charge in [0.05, 0.1) is 11.1 Å². The van der Waals surface area contributed by atoms with Gasteiger partial charge < -0.3 is 5.32 Å². The van der Waals surface area contributed by atoms with Gasteiger partial charge in [0.1, 0.15) is 40.5 Å². The van der Waals surface area contributed by atoms with Gasteiger partial charge in [0.2, 0.25) is 5.82 Å². The molecule has 25 heavy (non-hydrogen) atoms. The molecule has 0 fully saturated rings. The van der Waals surface area contributed by atoms with Crippen molar-refractivity contribution in [2.24, 2.45) is 0 Å². The molecule has 0 aliphatic carbocycles. The van der Waals surface area contributed by atoms with E-state index >= 15 is 0 Å². The Labute approximate surface area is 142 Å². The van der Waals surface area contributed by atoms with Crippen LogP contribution in [0.2, 0.25) is 5.15 Å². The monoisotopic (exact) mass is 380 g/mol. The van der Waals surface area contributed by atoms with E-state index in [1.165, 1.54) is 6.07 Å². The summed E-state index contributed by atoms with van der Waals surface area (Å²) in [5, 5.41) is 10.0. The van der Waals surface area contributed by atoms with E-state index in [1.54, 1.807) is 0 Å². The molecule has 1 heterocycles. The van der Waals surface area contributed by atoms with Crippen LogP contribution in [-0.4, -0.2) is 22.2 Å². The summed E-state index contributed by atoms with van der Waals surface area (Å²) in [4.78, 5) is 6.94. The lowest BCUT2D eigenvalue weighted by molar-refractivity contribution is -0.138. The van der Waals surface area contributed by atoms with Gasteiger partial charge in [0.15, 0.2) is 0 Å². The Morgan fingerprint density at radius 1 is 1.12 bits per heavy atom. The van der Waals surface area contributed by atoms with E-state index in [4.69, 9.17) is 16.9 Å². The number of benzene rings is 1. The third-order valence-corrected chi connectivity index (χ3v) is 3.34. The predicted octanol–water partition coefficient (Wildman–Crippen LogP) is 4.45. The summed E-state index contributed by atoms with van der Waals surface area (Å²) in [6, 6.07) is -0.0764. The highest BCUT2D eigenvalue weighted by atomic mass is 35.5.